The number of hydrogen-bond donors (Lipinski definition) is 3. The second kappa shape index (κ2) is 9.48. The summed E-state index contributed by atoms with van der Waals surface area (Å²) in [5, 5.41) is 21.4. The highest BCUT2D eigenvalue weighted by molar-refractivity contribution is 5.78. The van der Waals surface area contributed by atoms with E-state index < -0.39 is 17.0 Å². The number of carbonyl (C=O) groups is 1. The smallest absolute Gasteiger partial charge is 0.321 e. The third kappa shape index (κ3) is 4.77. The van der Waals surface area contributed by atoms with Crippen LogP contribution in [0.4, 0.5) is 20.8 Å². The molecule has 2 aromatic rings. The molecule has 3 aliphatic rings. The molecule has 0 bridgehead atoms. The van der Waals surface area contributed by atoms with Gasteiger partial charge in [0.25, 0.3) is 0 Å². The van der Waals surface area contributed by atoms with Gasteiger partial charge < -0.3 is 25.0 Å². The minimum absolute atomic E-state index is 0.0179. The number of amides is 2. The molecular formula is C25H37FN8O3. The molecule has 3 N–H and O–H groups in total. The van der Waals surface area contributed by atoms with E-state index >= 15 is 0 Å². The van der Waals surface area contributed by atoms with E-state index in [1.807, 2.05) is 23.6 Å². The maximum absolute atomic E-state index is 14.3. The number of H-pyrrole nitrogens is 1. The number of ether oxygens (including phenoxy) is 1. The van der Waals surface area contributed by atoms with Crippen LogP contribution in [0.3, 0.4) is 0 Å². The van der Waals surface area contributed by atoms with Crippen molar-refractivity contribution in [2.24, 2.45) is 0 Å². The molecule has 0 aromatic carbocycles. The van der Waals surface area contributed by atoms with Crippen molar-refractivity contribution in [2.45, 2.75) is 77.2 Å². The minimum atomic E-state index is -0.740. The lowest BCUT2D eigenvalue weighted by atomic mass is 9.92. The normalized spacial score (nSPS) is 25.3. The summed E-state index contributed by atoms with van der Waals surface area (Å²) < 4.78 is 19.7. The summed E-state index contributed by atoms with van der Waals surface area (Å²) in [4.78, 5) is 28.0. The number of carbonyl (C=O) groups excluding carboxylic acids is 1. The van der Waals surface area contributed by atoms with E-state index in [1.54, 1.807) is 6.92 Å². The molecule has 2 fully saturated rings. The molecule has 3 aliphatic heterocycles. The first-order chi connectivity index (χ1) is 17.5. The summed E-state index contributed by atoms with van der Waals surface area (Å²) in [6.45, 7) is 13.2. The van der Waals surface area contributed by atoms with Crippen LogP contribution in [0, 0.1) is 12.7 Å². The highest BCUT2D eigenvalue weighted by Crippen LogP contribution is 2.42. The molecule has 202 valence electrons. The number of fused-ring (bicyclic) bond motifs is 1. The van der Waals surface area contributed by atoms with Crippen molar-refractivity contribution < 1.29 is 19.0 Å². The lowest BCUT2D eigenvalue weighted by Crippen LogP contribution is -2.63. The number of aliphatic hydroxyl groups is 1. The molecular weight excluding hydrogens is 479 g/mol. The molecule has 0 unspecified atom stereocenters. The number of halogens is 1. The zero-order chi connectivity index (χ0) is 26.5. The first kappa shape index (κ1) is 25.8. The number of anilines is 2. The van der Waals surface area contributed by atoms with Crippen molar-refractivity contribution in [3.8, 4) is 0 Å². The van der Waals surface area contributed by atoms with Crippen LogP contribution >= 0.6 is 0 Å². The predicted octanol–water partition coefficient (Wildman–Crippen LogP) is 2.50. The van der Waals surface area contributed by atoms with Gasteiger partial charge in [0.15, 0.2) is 17.5 Å². The summed E-state index contributed by atoms with van der Waals surface area (Å²) in [6.07, 6.45) is 2.39. The summed E-state index contributed by atoms with van der Waals surface area (Å²) >= 11 is 0. The number of rotatable bonds is 4. The molecule has 0 aliphatic carbocycles. The number of aryl methyl sites for hydroxylation is 1. The lowest BCUT2D eigenvalue weighted by molar-refractivity contribution is -0.0934. The summed E-state index contributed by atoms with van der Waals surface area (Å²) in [5.74, 6) is 0.374. The Bertz CT molecular complexity index is 1160. The van der Waals surface area contributed by atoms with Gasteiger partial charge in [0.05, 0.1) is 29.6 Å². The lowest BCUT2D eigenvalue weighted by Gasteiger charge is -2.49. The monoisotopic (exact) mass is 516 g/mol. The number of nitrogens with one attached hydrogen (secondary N) is 2. The number of urea groups is 1. The van der Waals surface area contributed by atoms with E-state index in [9.17, 15) is 14.3 Å². The van der Waals surface area contributed by atoms with Crippen LogP contribution in [-0.2, 0) is 16.8 Å². The zero-order valence-electron chi connectivity index (χ0n) is 22.2. The fourth-order valence-corrected chi connectivity index (χ4v) is 5.71. The summed E-state index contributed by atoms with van der Waals surface area (Å²) in [7, 11) is 0. The molecule has 11 nitrogen and oxygen atoms in total. The van der Waals surface area contributed by atoms with Gasteiger partial charge in [-0.15, -0.1) is 0 Å². The van der Waals surface area contributed by atoms with Crippen LogP contribution < -0.4 is 5.32 Å². The number of nitrogens with zero attached hydrogens (tertiary/aromatic N) is 6. The van der Waals surface area contributed by atoms with Crippen LogP contribution in [0.2, 0.25) is 0 Å². The van der Waals surface area contributed by atoms with Gasteiger partial charge in [-0.05, 0) is 34.6 Å². The van der Waals surface area contributed by atoms with Crippen molar-refractivity contribution in [3.63, 3.8) is 0 Å². The molecule has 2 amide bonds. The van der Waals surface area contributed by atoms with Crippen LogP contribution in [0.15, 0.2) is 6.20 Å². The molecule has 37 heavy (non-hydrogen) atoms. The molecule has 2 atom stereocenters. The summed E-state index contributed by atoms with van der Waals surface area (Å²) in [5.41, 5.74) is 0.262. The SMILES string of the molecule is Cc1ncc(F)c(Nc2n[nH]c3c2CN(C(=O)N2C[C@@H](C)N(CC4(O)CCOCC4)C[C@@H]2C)C3(C)C)n1. The third-order valence-corrected chi connectivity index (χ3v) is 8.08. The highest BCUT2D eigenvalue weighted by Gasteiger charge is 2.47. The van der Waals surface area contributed by atoms with Crippen molar-refractivity contribution in [1.82, 2.24) is 34.9 Å². The molecule has 5 heterocycles. The Kier molecular flexibility index (Phi) is 6.61. The number of aromatic amines is 1. The van der Waals surface area contributed by atoms with Crippen molar-refractivity contribution in [1.29, 1.82) is 0 Å². The Morgan fingerprint density at radius 1 is 1.24 bits per heavy atom. The number of hydrogen-bond acceptors (Lipinski definition) is 8. The first-order valence-electron chi connectivity index (χ1n) is 12.9. The average molecular weight is 517 g/mol. The van der Waals surface area contributed by atoms with Crippen molar-refractivity contribution >= 4 is 17.7 Å². The van der Waals surface area contributed by atoms with Crippen LogP contribution in [0.5, 0.6) is 0 Å². The largest absolute Gasteiger partial charge is 0.388 e. The second-order valence-corrected chi connectivity index (χ2v) is 11.2. The Morgan fingerprint density at radius 2 is 1.97 bits per heavy atom. The summed E-state index contributed by atoms with van der Waals surface area (Å²) in [6, 6.07) is 0.0440. The van der Waals surface area contributed by atoms with Crippen molar-refractivity contribution in [3.05, 3.63) is 29.1 Å². The van der Waals surface area contributed by atoms with Gasteiger partial charge in [-0.25, -0.2) is 19.2 Å². The zero-order valence-corrected chi connectivity index (χ0v) is 22.2. The van der Waals surface area contributed by atoms with Gasteiger partial charge in [0.2, 0.25) is 0 Å². The van der Waals surface area contributed by atoms with E-state index in [4.69, 9.17) is 4.74 Å². The van der Waals surface area contributed by atoms with Gasteiger partial charge in [-0.3, -0.25) is 10.00 Å². The highest BCUT2D eigenvalue weighted by atomic mass is 19.1. The maximum atomic E-state index is 14.3. The maximum Gasteiger partial charge on any atom is 0.321 e. The van der Waals surface area contributed by atoms with Gasteiger partial charge >= 0.3 is 6.03 Å². The van der Waals surface area contributed by atoms with E-state index in [0.29, 0.717) is 63.9 Å². The predicted molar refractivity (Wildman–Crippen MR) is 135 cm³/mol. The van der Waals surface area contributed by atoms with E-state index in [1.165, 1.54) is 0 Å². The van der Waals surface area contributed by atoms with E-state index in [-0.39, 0.29) is 23.9 Å². The standard InChI is InChI=1S/C25H37FN8O3/c1-15-12-33(16(2)11-32(15)14-25(36)6-8-37-9-7-25)23(35)34-13-18-20(24(34,4)5)30-31-21(18)29-22-19(26)10-27-17(3)28-22/h10,15-16,36H,6-9,11-14H2,1-5H3,(H2,27,28,29,30,31)/t15-,16+/m1/s1. The van der Waals surface area contributed by atoms with Gasteiger partial charge in [0.1, 0.15) is 5.82 Å². The van der Waals surface area contributed by atoms with E-state index in [0.717, 1.165) is 17.5 Å². The van der Waals surface area contributed by atoms with Crippen LogP contribution in [0.1, 0.15) is 57.6 Å². The van der Waals surface area contributed by atoms with Gasteiger partial charge in [0, 0.05) is 63.3 Å². The fraction of sp³-hybridized carbons (Fsp3) is 0.680. The van der Waals surface area contributed by atoms with Crippen molar-refractivity contribution in [2.75, 3.05) is 38.2 Å². The fourth-order valence-electron chi connectivity index (χ4n) is 5.71. The number of piperazine rings is 1. The molecule has 2 saturated heterocycles. The van der Waals surface area contributed by atoms with Gasteiger partial charge in [-0.2, -0.15) is 5.10 Å². The first-order valence-corrected chi connectivity index (χ1v) is 12.9. The third-order valence-electron chi connectivity index (χ3n) is 8.08. The number of aromatic nitrogens is 4. The average Bonchev–Trinajstić information content (AvgIpc) is 3.36. The quantitative estimate of drug-likeness (QED) is 0.567. The molecule has 0 saturated carbocycles. The Morgan fingerprint density at radius 3 is 2.70 bits per heavy atom. The van der Waals surface area contributed by atoms with Gasteiger partial charge in [-0.1, -0.05) is 0 Å². The Balaban J connectivity index is 1.30. The van der Waals surface area contributed by atoms with E-state index in [2.05, 4.69) is 44.2 Å². The molecule has 0 radical (unpaired) electrons. The van der Waals surface area contributed by atoms with Crippen LogP contribution in [-0.4, -0.2) is 96.5 Å². The number of β-amino-alcohol motifs (C(OH)–C–C–N with tert-alkyl or cyclic N) is 1. The minimum Gasteiger partial charge on any atom is -0.388 e. The van der Waals surface area contributed by atoms with Crippen LogP contribution in [0.25, 0.3) is 0 Å². The molecule has 12 heteroatoms. The topological polar surface area (TPSA) is 123 Å². The Hall–Kier alpha value is -2.83. The second-order valence-electron chi connectivity index (χ2n) is 11.2. The molecule has 5 rings (SSSR count). The Labute approximate surface area is 216 Å². The molecule has 2 aromatic heterocycles. The molecule has 0 spiro atoms.